The van der Waals surface area contributed by atoms with Gasteiger partial charge in [-0.1, -0.05) is 175 Å². The molecule has 0 aromatic heterocycles. The van der Waals surface area contributed by atoms with E-state index in [1.807, 2.05) is 0 Å². The first-order chi connectivity index (χ1) is 27.4. The molecule has 1 atom stereocenters. The van der Waals surface area contributed by atoms with Gasteiger partial charge in [0.2, 0.25) is 0 Å². The molecule has 0 spiro atoms. The van der Waals surface area contributed by atoms with Gasteiger partial charge in [-0.15, -0.1) is 0 Å². The molecule has 0 aliphatic carbocycles. The molecule has 334 valence electrons. The van der Waals surface area contributed by atoms with E-state index < -0.39 is 0 Å². The minimum Gasteiger partial charge on any atom is -0.466 e. The number of rotatable bonds is 45. The second kappa shape index (κ2) is 43.4. The van der Waals surface area contributed by atoms with Gasteiger partial charge >= 0.3 is 11.9 Å². The molecule has 1 unspecified atom stereocenters. The van der Waals surface area contributed by atoms with Crippen LogP contribution in [0.1, 0.15) is 252 Å². The van der Waals surface area contributed by atoms with E-state index in [2.05, 4.69) is 46.7 Å². The highest BCUT2D eigenvalue weighted by molar-refractivity contribution is 5.70. The Bertz CT molecular complexity index is 799. The summed E-state index contributed by atoms with van der Waals surface area (Å²) in [4.78, 5) is 27.3. The zero-order chi connectivity index (χ0) is 41.2. The van der Waals surface area contributed by atoms with Crippen LogP contribution in [0.4, 0.5) is 0 Å². The summed E-state index contributed by atoms with van der Waals surface area (Å²) in [7, 11) is 4.29. The molecule has 0 aliphatic rings. The lowest BCUT2D eigenvalue weighted by atomic mass is 9.92. The topological polar surface area (TPSA) is 65.1 Å². The van der Waals surface area contributed by atoms with Gasteiger partial charge in [0.15, 0.2) is 0 Å². The maximum Gasteiger partial charge on any atom is 0.306 e. The molecule has 0 amide bonds. The van der Waals surface area contributed by atoms with Crippen molar-refractivity contribution in [3.8, 4) is 0 Å². The summed E-state index contributed by atoms with van der Waals surface area (Å²) < 4.78 is 17.8. The largest absolute Gasteiger partial charge is 0.466 e. The maximum atomic E-state index is 12.5. The van der Waals surface area contributed by atoms with Crippen LogP contribution < -0.4 is 0 Å². The summed E-state index contributed by atoms with van der Waals surface area (Å²) in [5.41, 5.74) is 0. The monoisotopic (exact) mass is 794 g/mol. The van der Waals surface area contributed by atoms with Gasteiger partial charge in [0, 0.05) is 19.4 Å². The predicted molar refractivity (Wildman–Crippen MR) is 241 cm³/mol. The third-order valence-electron chi connectivity index (χ3n) is 11.7. The molecular formula is C50H99NO5. The third kappa shape index (κ3) is 39.7. The molecular weight excluding hydrogens is 695 g/mol. The summed E-state index contributed by atoms with van der Waals surface area (Å²) in [6.07, 6.45) is 41.7. The van der Waals surface area contributed by atoms with Gasteiger partial charge in [0.1, 0.15) is 0 Å². The number of carbonyl (C=O) groups excluding carboxylic acids is 2. The summed E-state index contributed by atoms with van der Waals surface area (Å²) in [6.45, 7) is 12.2. The number of hydrogen-bond donors (Lipinski definition) is 0. The fourth-order valence-electron chi connectivity index (χ4n) is 8.02. The standard InChI is InChI=1S/C50H99NO5/c1-7-11-24-34-46(35-25-12-8-2)44-49(52)55-42-31-22-18-15-16-20-28-38-48(54-41-33-30-40-51(5)6)39-29-21-17-19-23-32-43-56-50(53)45-47(36-26-13-9-3)37-27-14-10-4/h46-48H,7-45H2,1-6H3. The Balaban J connectivity index is 4.17. The fraction of sp³-hybridized carbons (Fsp3) is 0.960. The van der Waals surface area contributed by atoms with Crippen molar-refractivity contribution in [2.24, 2.45) is 11.8 Å². The zero-order valence-corrected chi connectivity index (χ0v) is 38.8. The maximum absolute atomic E-state index is 12.5. The summed E-state index contributed by atoms with van der Waals surface area (Å²) in [6, 6.07) is 0. The van der Waals surface area contributed by atoms with E-state index in [0.717, 1.165) is 45.3 Å². The summed E-state index contributed by atoms with van der Waals surface area (Å²) in [5.74, 6) is 1.08. The lowest BCUT2D eigenvalue weighted by molar-refractivity contribution is -0.146. The molecule has 0 N–H and O–H groups in total. The number of ether oxygens (including phenoxy) is 3. The van der Waals surface area contributed by atoms with E-state index >= 15 is 0 Å². The van der Waals surface area contributed by atoms with Crippen LogP contribution in [-0.4, -0.2) is 63.4 Å². The Morgan fingerprint density at radius 2 is 0.714 bits per heavy atom. The molecule has 0 fully saturated rings. The van der Waals surface area contributed by atoms with E-state index in [4.69, 9.17) is 14.2 Å². The highest BCUT2D eigenvalue weighted by Gasteiger charge is 2.16. The molecule has 0 saturated heterocycles. The first kappa shape index (κ1) is 54.9. The second-order valence-electron chi connectivity index (χ2n) is 17.7. The number of hydrogen-bond acceptors (Lipinski definition) is 6. The van der Waals surface area contributed by atoms with Crippen molar-refractivity contribution in [2.75, 3.05) is 40.5 Å². The molecule has 0 radical (unpaired) electrons. The predicted octanol–water partition coefficient (Wildman–Crippen LogP) is 15.0. The van der Waals surface area contributed by atoms with Crippen molar-refractivity contribution in [2.45, 2.75) is 259 Å². The van der Waals surface area contributed by atoms with Gasteiger partial charge in [-0.2, -0.15) is 0 Å². The minimum absolute atomic E-state index is 0.0276. The number of nitrogens with zero attached hydrogens (tertiary/aromatic N) is 1. The number of unbranched alkanes of at least 4 members (excludes halogenated alkanes) is 20. The van der Waals surface area contributed by atoms with Crippen molar-refractivity contribution >= 4 is 11.9 Å². The fourth-order valence-corrected chi connectivity index (χ4v) is 8.02. The Morgan fingerprint density at radius 3 is 1.07 bits per heavy atom. The number of esters is 2. The van der Waals surface area contributed by atoms with E-state index in [9.17, 15) is 9.59 Å². The van der Waals surface area contributed by atoms with Gasteiger partial charge in [0.25, 0.3) is 0 Å². The molecule has 56 heavy (non-hydrogen) atoms. The highest BCUT2D eigenvalue weighted by Crippen LogP contribution is 2.23. The molecule has 0 aromatic carbocycles. The molecule has 6 heteroatoms. The van der Waals surface area contributed by atoms with Crippen LogP contribution in [-0.2, 0) is 23.8 Å². The molecule has 6 nitrogen and oxygen atoms in total. The quantitative estimate of drug-likeness (QED) is 0.0452. The lowest BCUT2D eigenvalue weighted by Gasteiger charge is -2.18. The van der Waals surface area contributed by atoms with Crippen molar-refractivity contribution in [3.63, 3.8) is 0 Å². The van der Waals surface area contributed by atoms with Gasteiger partial charge in [-0.3, -0.25) is 9.59 Å². The summed E-state index contributed by atoms with van der Waals surface area (Å²) in [5, 5.41) is 0. The molecule has 0 saturated carbocycles. The van der Waals surface area contributed by atoms with Crippen molar-refractivity contribution in [1.29, 1.82) is 0 Å². The first-order valence-corrected chi connectivity index (χ1v) is 24.9. The normalized spacial score (nSPS) is 12.3. The highest BCUT2D eigenvalue weighted by atomic mass is 16.5. The molecule has 0 aromatic rings. The first-order valence-electron chi connectivity index (χ1n) is 24.9. The van der Waals surface area contributed by atoms with E-state index in [1.54, 1.807) is 0 Å². The minimum atomic E-state index is 0.0276. The zero-order valence-electron chi connectivity index (χ0n) is 38.8. The average molecular weight is 794 g/mol. The Morgan fingerprint density at radius 1 is 0.393 bits per heavy atom. The van der Waals surface area contributed by atoms with Crippen molar-refractivity contribution in [1.82, 2.24) is 4.90 Å². The SMILES string of the molecule is CCCCCC(CCCCC)CC(=O)OCCCCCCCCCC(CCCCCCCCOC(=O)CC(CCCCC)CCCCC)OCCCCN(C)C. The Hall–Kier alpha value is -1.14. The van der Waals surface area contributed by atoms with Gasteiger partial charge in [-0.05, 0) is 96.7 Å². The average Bonchev–Trinajstić information content (AvgIpc) is 3.17. The van der Waals surface area contributed by atoms with Gasteiger partial charge < -0.3 is 19.1 Å². The third-order valence-corrected chi connectivity index (χ3v) is 11.7. The molecule has 0 aliphatic heterocycles. The van der Waals surface area contributed by atoms with Crippen LogP contribution in [0, 0.1) is 11.8 Å². The molecule has 0 bridgehead atoms. The van der Waals surface area contributed by atoms with Crippen LogP contribution in [0.15, 0.2) is 0 Å². The van der Waals surface area contributed by atoms with Crippen molar-refractivity contribution < 1.29 is 23.8 Å². The van der Waals surface area contributed by atoms with Gasteiger partial charge in [-0.25, -0.2) is 0 Å². The van der Waals surface area contributed by atoms with Crippen LogP contribution >= 0.6 is 0 Å². The van der Waals surface area contributed by atoms with E-state index in [0.29, 0.717) is 44.0 Å². The van der Waals surface area contributed by atoms with Crippen LogP contribution in [0.3, 0.4) is 0 Å². The molecule has 0 heterocycles. The number of carbonyl (C=O) groups is 2. The Labute approximate surface area is 350 Å². The summed E-state index contributed by atoms with van der Waals surface area (Å²) >= 11 is 0. The molecule has 0 rings (SSSR count). The van der Waals surface area contributed by atoms with Crippen molar-refractivity contribution in [3.05, 3.63) is 0 Å². The van der Waals surface area contributed by atoms with E-state index in [1.165, 1.54) is 180 Å². The smallest absolute Gasteiger partial charge is 0.306 e. The lowest BCUT2D eigenvalue weighted by Crippen LogP contribution is -2.16. The second-order valence-corrected chi connectivity index (χ2v) is 17.7. The van der Waals surface area contributed by atoms with Crippen LogP contribution in [0.2, 0.25) is 0 Å². The van der Waals surface area contributed by atoms with Gasteiger partial charge in [0.05, 0.1) is 19.3 Å². The van der Waals surface area contributed by atoms with Crippen LogP contribution in [0.5, 0.6) is 0 Å². The Kier molecular flexibility index (Phi) is 42.6. The van der Waals surface area contributed by atoms with Crippen LogP contribution in [0.25, 0.3) is 0 Å². The van der Waals surface area contributed by atoms with E-state index in [-0.39, 0.29) is 11.9 Å².